The Labute approximate surface area is 310 Å². The zero-order valence-corrected chi connectivity index (χ0v) is 31.6. The minimum absolute atomic E-state index is 0.0432. The third kappa shape index (κ3) is 12.7. The standard InChI is InChI=1S/C46H58F4O2/c1-4-6-10-18-35-20-24-37(25-21-35)39-28-30-41(45(49)43(39)47)51-32-14-8-12-16-34(3)17-13-9-15-33-52-42-31-29-40(44(48)46(42)50)38-26-22-36(23-27-38)19-11-7-5-2/h20-31,34H,4-19,32-33H2,1-3H3. The molecule has 0 aromatic heterocycles. The lowest BCUT2D eigenvalue weighted by Gasteiger charge is -2.13. The number of ether oxygens (including phenoxy) is 2. The van der Waals surface area contributed by atoms with E-state index in [1.807, 2.05) is 48.5 Å². The fraction of sp³-hybridized carbons (Fsp3) is 0.478. The quantitative estimate of drug-likeness (QED) is 0.0530. The fourth-order valence-electron chi connectivity index (χ4n) is 6.64. The van der Waals surface area contributed by atoms with Crippen molar-refractivity contribution in [3.63, 3.8) is 0 Å². The summed E-state index contributed by atoms with van der Waals surface area (Å²) in [6.45, 7) is 7.28. The molecule has 52 heavy (non-hydrogen) atoms. The van der Waals surface area contributed by atoms with Gasteiger partial charge in [-0.3, -0.25) is 0 Å². The average Bonchev–Trinajstić information content (AvgIpc) is 3.15. The molecule has 0 fully saturated rings. The highest BCUT2D eigenvalue weighted by molar-refractivity contribution is 5.66. The van der Waals surface area contributed by atoms with E-state index in [-0.39, 0.29) is 22.6 Å². The SMILES string of the molecule is CCCCCc1ccc(-c2ccc(OCCCCCC(C)CCCCCOc3ccc(-c4ccc(CCCCC)cc4)c(F)c3F)c(F)c2F)cc1. The molecule has 0 unspecified atom stereocenters. The van der Waals surface area contributed by atoms with Gasteiger partial charge in [0.2, 0.25) is 11.6 Å². The van der Waals surface area contributed by atoms with Gasteiger partial charge in [0.1, 0.15) is 0 Å². The van der Waals surface area contributed by atoms with E-state index in [9.17, 15) is 17.6 Å². The summed E-state index contributed by atoms with van der Waals surface area (Å²) in [7, 11) is 0. The van der Waals surface area contributed by atoms with E-state index >= 15 is 0 Å². The second-order valence-electron chi connectivity index (χ2n) is 14.3. The van der Waals surface area contributed by atoms with Gasteiger partial charge in [-0.15, -0.1) is 0 Å². The van der Waals surface area contributed by atoms with Crippen LogP contribution < -0.4 is 9.47 Å². The summed E-state index contributed by atoms with van der Waals surface area (Å²) in [6.07, 6.45) is 16.7. The molecule has 0 amide bonds. The van der Waals surface area contributed by atoms with Gasteiger partial charge in [0.05, 0.1) is 13.2 Å². The lowest BCUT2D eigenvalue weighted by molar-refractivity contribution is 0.280. The molecule has 0 aliphatic carbocycles. The first-order chi connectivity index (χ1) is 25.3. The van der Waals surface area contributed by atoms with Gasteiger partial charge in [0, 0.05) is 11.1 Å². The Balaban J connectivity index is 1.07. The second kappa shape index (κ2) is 22.3. The number of halogens is 4. The zero-order chi connectivity index (χ0) is 37.1. The van der Waals surface area contributed by atoms with Crippen LogP contribution >= 0.6 is 0 Å². The number of rotatable bonds is 24. The topological polar surface area (TPSA) is 18.5 Å². The van der Waals surface area contributed by atoms with E-state index in [0.717, 1.165) is 77.0 Å². The molecule has 4 aromatic carbocycles. The molecule has 0 saturated carbocycles. The van der Waals surface area contributed by atoms with E-state index < -0.39 is 23.3 Å². The smallest absolute Gasteiger partial charge is 0.201 e. The Morgan fingerprint density at radius 2 is 0.846 bits per heavy atom. The molecule has 0 N–H and O–H groups in total. The second-order valence-corrected chi connectivity index (χ2v) is 14.3. The maximum Gasteiger partial charge on any atom is 0.201 e. The van der Waals surface area contributed by atoms with Gasteiger partial charge in [0.15, 0.2) is 23.1 Å². The van der Waals surface area contributed by atoms with E-state index in [4.69, 9.17) is 9.47 Å². The summed E-state index contributed by atoms with van der Waals surface area (Å²) >= 11 is 0. The molecule has 4 rings (SSSR count). The van der Waals surface area contributed by atoms with Gasteiger partial charge in [-0.05, 0) is 91.0 Å². The van der Waals surface area contributed by atoms with E-state index in [1.165, 1.54) is 48.9 Å². The monoisotopic (exact) mass is 718 g/mol. The lowest BCUT2D eigenvalue weighted by atomic mass is 9.97. The predicted octanol–water partition coefficient (Wildman–Crippen LogP) is 14.3. The molecule has 0 radical (unpaired) electrons. The molecule has 2 nitrogen and oxygen atoms in total. The highest BCUT2D eigenvalue weighted by atomic mass is 19.2. The molecule has 0 bridgehead atoms. The number of benzene rings is 4. The van der Waals surface area contributed by atoms with Crippen molar-refractivity contribution in [2.75, 3.05) is 13.2 Å². The summed E-state index contributed by atoms with van der Waals surface area (Å²) < 4.78 is 70.7. The molecule has 0 heterocycles. The summed E-state index contributed by atoms with van der Waals surface area (Å²) in [6, 6.07) is 21.6. The maximum atomic E-state index is 14.9. The van der Waals surface area contributed by atoms with Gasteiger partial charge >= 0.3 is 0 Å². The summed E-state index contributed by atoms with van der Waals surface area (Å²) in [5.74, 6) is -3.14. The van der Waals surface area contributed by atoms with Crippen LogP contribution in [0.2, 0.25) is 0 Å². The Bertz CT molecular complexity index is 1500. The Kier molecular flexibility index (Phi) is 17.6. The van der Waals surface area contributed by atoms with E-state index in [0.29, 0.717) is 30.3 Å². The van der Waals surface area contributed by atoms with Crippen LogP contribution in [0.15, 0.2) is 72.8 Å². The molecule has 6 heteroatoms. The molecule has 4 aromatic rings. The first-order valence-corrected chi connectivity index (χ1v) is 19.7. The van der Waals surface area contributed by atoms with Crippen LogP contribution in [0.1, 0.15) is 122 Å². The summed E-state index contributed by atoms with van der Waals surface area (Å²) in [5.41, 5.74) is 4.23. The Morgan fingerprint density at radius 1 is 0.442 bits per heavy atom. The fourth-order valence-corrected chi connectivity index (χ4v) is 6.64. The van der Waals surface area contributed by atoms with Gasteiger partial charge in [-0.25, -0.2) is 8.78 Å². The molecule has 0 atom stereocenters. The molecule has 0 aliphatic rings. The molecular formula is C46H58F4O2. The number of unbranched alkanes of at least 4 members (excludes halogenated alkanes) is 8. The van der Waals surface area contributed by atoms with Gasteiger partial charge in [0.25, 0.3) is 0 Å². The molecular weight excluding hydrogens is 660 g/mol. The van der Waals surface area contributed by atoms with Crippen molar-refractivity contribution < 1.29 is 27.0 Å². The normalized spacial score (nSPS) is 11.4. The van der Waals surface area contributed by atoms with Crippen LogP contribution in [0.3, 0.4) is 0 Å². The number of aryl methyl sites for hydroxylation is 2. The third-order valence-corrected chi connectivity index (χ3v) is 9.96. The maximum absolute atomic E-state index is 14.9. The number of hydrogen-bond acceptors (Lipinski definition) is 2. The Hall–Kier alpha value is -3.80. The first kappa shape index (κ1) is 41.0. The van der Waals surface area contributed by atoms with Crippen molar-refractivity contribution >= 4 is 0 Å². The van der Waals surface area contributed by atoms with Crippen LogP contribution in [0.4, 0.5) is 17.6 Å². The summed E-state index contributed by atoms with van der Waals surface area (Å²) in [4.78, 5) is 0. The minimum atomic E-state index is -0.937. The van der Waals surface area contributed by atoms with E-state index in [2.05, 4.69) is 20.8 Å². The van der Waals surface area contributed by atoms with Crippen LogP contribution in [0.25, 0.3) is 22.3 Å². The third-order valence-electron chi connectivity index (χ3n) is 9.96. The van der Waals surface area contributed by atoms with Gasteiger partial charge in [-0.2, -0.15) is 8.78 Å². The van der Waals surface area contributed by atoms with Crippen molar-refractivity contribution in [1.82, 2.24) is 0 Å². The highest BCUT2D eigenvalue weighted by Crippen LogP contribution is 2.32. The molecule has 0 spiro atoms. The highest BCUT2D eigenvalue weighted by Gasteiger charge is 2.17. The van der Waals surface area contributed by atoms with Crippen LogP contribution in [-0.2, 0) is 12.8 Å². The number of hydrogen-bond donors (Lipinski definition) is 0. The van der Waals surface area contributed by atoms with Crippen molar-refractivity contribution in [3.05, 3.63) is 107 Å². The van der Waals surface area contributed by atoms with Crippen molar-refractivity contribution in [1.29, 1.82) is 0 Å². The minimum Gasteiger partial charge on any atom is -0.490 e. The van der Waals surface area contributed by atoms with E-state index in [1.54, 1.807) is 12.1 Å². The van der Waals surface area contributed by atoms with Crippen LogP contribution in [-0.4, -0.2) is 13.2 Å². The molecule has 0 saturated heterocycles. The Morgan fingerprint density at radius 3 is 1.23 bits per heavy atom. The molecule has 0 aliphatic heterocycles. The average molecular weight is 719 g/mol. The van der Waals surface area contributed by atoms with Crippen molar-refractivity contribution in [2.45, 2.75) is 124 Å². The zero-order valence-electron chi connectivity index (χ0n) is 31.6. The van der Waals surface area contributed by atoms with Gasteiger partial charge < -0.3 is 9.47 Å². The van der Waals surface area contributed by atoms with Crippen molar-refractivity contribution in [2.24, 2.45) is 5.92 Å². The van der Waals surface area contributed by atoms with Crippen LogP contribution in [0.5, 0.6) is 11.5 Å². The van der Waals surface area contributed by atoms with Crippen LogP contribution in [0, 0.1) is 29.2 Å². The largest absolute Gasteiger partial charge is 0.490 e. The first-order valence-electron chi connectivity index (χ1n) is 19.7. The van der Waals surface area contributed by atoms with Gasteiger partial charge in [-0.1, -0.05) is 134 Å². The summed E-state index contributed by atoms with van der Waals surface area (Å²) in [5, 5.41) is 0. The molecule has 282 valence electrons. The van der Waals surface area contributed by atoms with Crippen molar-refractivity contribution in [3.8, 4) is 33.8 Å². The lowest BCUT2D eigenvalue weighted by Crippen LogP contribution is -2.03. The predicted molar refractivity (Wildman–Crippen MR) is 207 cm³/mol.